The average Bonchev–Trinajstić information content (AvgIpc) is 3.04. The number of para-hydroxylation sites is 2. The van der Waals surface area contributed by atoms with E-state index in [9.17, 15) is 0 Å². The van der Waals surface area contributed by atoms with Gasteiger partial charge in [-0.05, 0) is 26.0 Å². The fraction of sp³-hybridized carbons (Fsp3) is 0.333. The Labute approximate surface area is 123 Å². The van der Waals surface area contributed by atoms with Gasteiger partial charge in [-0.2, -0.15) is 0 Å². The molecule has 0 spiro atoms. The monoisotopic (exact) mass is 288 g/mol. The molecule has 3 rings (SSSR count). The number of fused-ring (bicyclic) bond motifs is 1. The van der Waals surface area contributed by atoms with Gasteiger partial charge < -0.3 is 9.13 Å². The lowest BCUT2D eigenvalue weighted by Gasteiger charge is -2.19. The number of halogens is 1. The summed E-state index contributed by atoms with van der Waals surface area (Å²) in [7, 11) is 0. The SMILES string of the molecule is CC(Cl)c1nc2ccccc2n1C(C)Cn1ccnc1. The van der Waals surface area contributed by atoms with Gasteiger partial charge in [-0.15, -0.1) is 11.6 Å². The zero-order chi connectivity index (χ0) is 14.1. The third kappa shape index (κ3) is 2.31. The maximum atomic E-state index is 6.30. The maximum absolute atomic E-state index is 6.30. The summed E-state index contributed by atoms with van der Waals surface area (Å²) in [6, 6.07) is 8.41. The molecule has 0 bridgehead atoms. The summed E-state index contributed by atoms with van der Waals surface area (Å²) >= 11 is 6.30. The predicted molar refractivity (Wildman–Crippen MR) is 80.9 cm³/mol. The van der Waals surface area contributed by atoms with Gasteiger partial charge in [0.1, 0.15) is 5.82 Å². The van der Waals surface area contributed by atoms with Crippen molar-refractivity contribution in [1.29, 1.82) is 0 Å². The Hall–Kier alpha value is -1.81. The van der Waals surface area contributed by atoms with Crippen LogP contribution in [0.1, 0.15) is 31.1 Å². The number of nitrogens with zero attached hydrogens (tertiary/aromatic N) is 4. The van der Waals surface area contributed by atoms with Crippen molar-refractivity contribution in [2.45, 2.75) is 31.8 Å². The quantitative estimate of drug-likeness (QED) is 0.685. The molecule has 0 aliphatic heterocycles. The minimum atomic E-state index is -0.118. The fourth-order valence-electron chi connectivity index (χ4n) is 2.59. The second kappa shape index (κ2) is 5.29. The molecule has 2 atom stereocenters. The van der Waals surface area contributed by atoms with Gasteiger partial charge in [-0.25, -0.2) is 9.97 Å². The van der Waals surface area contributed by atoms with Crippen molar-refractivity contribution in [3.8, 4) is 0 Å². The summed E-state index contributed by atoms with van der Waals surface area (Å²) < 4.78 is 4.30. The first-order chi connectivity index (χ1) is 9.66. The number of hydrogen-bond donors (Lipinski definition) is 0. The van der Waals surface area contributed by atoms with Crippen molar-refractivity contribution in [3.05, 3.63) is 48.8 Å². The smallest absolute Gasteiger partial charge is 0.128 e. The molecule has 0 amide bonds. The minimum absolute atomic E-state index is 0.118. The molecule has 2 aromatic heterocycles. The molecule has 0 N–H and O–H groups in total. The predicted octanol–water partition coefficient (Wildman–Crippen LogP) is 3.79. The van der Waals surface area contributed by atoms with E-state index in [-0.39, 0.29) is 11.4 Å². The molecule has 2 unspecified atom stereocenters. The Morgan fingerprint density at radius 3 is 2.75 bits per heavy atom. The van der Waals surface area contributed by atoms with Gasteiger partial charge in [-0.1, -0.05) is 12.1 Å². The summed E-state index contributed by atoms with van der Waals surface area (Å²) in [6.07, 6.45) is 5.60. The van der Waals surface area contributed by atoms with Crippen LogP contribution < -0.4 is 0 Å². The molecule has 4 nitrogen and oxygen atoms in total. The van der Waals surface area contributed by atoms with Gasteiger partial charge in [0.15, 0.2) is 0 Å². The van der Waals surface area contributed by atoms with Gasteiger partial charge in [0.25, 0.3) is 0 Å². The van der Waals surface area contributed by atoms with Crippen LogP contribution in [0, 0.1) is 0 Å². The Bertz CT molecular complexity index is 700. The number of aromatic nitrogens is 4. The molecule has 0 saturated heterocycles. The van der Waals surface area contributed by atoms with Crippen LogP contribution in [0.4, 0.5) is 0 Å². The molecule has 0 aliphatic carbocycles. The van der Waals surface area contributed by atoms with E-state index >= 15 is 0 Å². The number of alkyl halides is 1. The van der Waals surface area contributed by atoms with Gasteiger partial charge in [0.05, 0.1) is 28.8 Å². The highest BCUT2D eigenvalue weighted by Crippen LogP contribution is 2.28. The van der Waals surface area contributed by atoms with Crippen LogP contribution in [0.2, 0.25) is 0 Å². The molecule has 0 saturated carbocycles. The number of imidazole rings is 2. The van der Waals surface area contributed by atoms with Crippen LogP contribution in [0.25, 0.3) is 11.0 Å². The zero-order valence-corrected chi connectivity index (χ0v) is 12.3. The lowest BCUT2D eigenvalue weighted by Crippen LogP contribution is -2.15. The van der Waals surface area contributed by atoms with Crippen molar-refractivity contribution < 1.29 is 0 Å². The Morgan fingerprint density at radius 2 is 2.05 bits per heavy atom. The van der Waals surface area contributed by atoms with Crippen molar-refractivity contribution in [3.63, 3.8) is 0 Å². The van der Waals surface area contributed by atoms with Crippen LogP contribution in [0.15, 0.2) is 43.0 Å². The van der Waals surface area contributed by atoms with Gasteiger partial charge in [0.2, 0.25) is 0 Å². The maximum Gasteiger partial charge on any atom is 0.128 e. The van der Waals surface area contributed by atoms with Crippen LogP contribution in [-0.4, -0.2) is 19.1 Å². The zero-order valence-electron chi connectivity index (χ0n) is 11.6. The third-order valence-electron chi connectivity index (χ3n) is 3.45. The summed E-state index contributed by atoms with van der Waals surface area (Å²) in [5, 5.41) is -0.118. The topological polar surface area (TPSA) is 35.6 Å². The highest BCUT2D eigenvalue weighted by molar-refractivity contribution is 6.20. The second-order valence-corrected chi connectivity index (χ2v) is 5.71. The van der Waals surface area contributed by atoms with Crippen molar-refractivity contribution in [1.82, 2.24) is 19.1 Å². The largest absolute Gasteiger partial charge is 0.335 e. The van der Waals surface area contributed by atoms with Crippen molar-refractivity contribution in [2.24, 2.45) is 0 Å². The highest BCUT2D eigenvalue weighted by atomic mass is 35.5. The second-order valence-electron chi connectivity index (χ2n) is 5.05. The van der Waals surface area contributed by atoms with E-state index in [4.69, 9.17) is 11.6 Å². The van der Waals surface area contributed by atoms with E-state index in [0.717, 1.165) is 23.4 Å². The van der Waals surface area contributed by atoms with Crippen molar-refractivity contribution in [2.75, 3.05) is 0 Å². The Kier molecular flexibility index (Phi) is 3.49. The van der Waals surface area contributed by atoms with Crippen LogP contribution >= 0.6 is 11.6 Å². The van der Waals surface area contributed by atoms with Crippen molar-refractivity contribution >= 4 is 22.6 Å². The van der Waals surface area contributed by atoms with E-state index < -0.39 is 0 Å². The van der Waals surface area contributed by atoms with E-state index in [1.54, 1.807) is 6.20 Å². The Balaban J connectivity index is 2.06. The molecule has 104 valence electrons. The minimum Gasteiger partial charge on any atom is -0.335 e. The first-order valence-electron chi connectivity index (χ1n) is 6.73. The molecule has 20 heavy (non-hydrogen) atoms. The number of hydrogen-bond acceptors (Lipinski definition) is 2. The van der Waals surface area contributed by atoms with Gasteiger partial charge >= 0.3 is 0 Å². The van der Waals surface area contributed by atoms with Crippen LogP contribution in [0.3, 0.4) is 0 Å². The van der Waals surface area contributed by atoms with E-state index in [1.165, 1.54) is 0 Å². The fourth-order valence-corrected chi connectivity index (χ4v) is 2.74. The lowest BCUT2D eigenvalue weighted by atomic mass is 10.2. The molecule has 0 fully saturated rings. The summed E-state index contributed by atoms with van der Waals surface area (Å²) in [5.41, 5.74) is 2.12. The highest BCUT2D eigenvalue weighted by Gasteiger charge is 2.18. The average molecular weight is 289 g/mol. The van der Waals surface area contributed by atoms with Crippen LogP contribution in [0.5, 0.6) is 0 Å². The van der Waals surface area contributed by atoms with E-state index in [0.29, 0.717) is 0 Å². The summed E-state index contributed by atoms with van der Waals surface area (Å²) in [6.45, 7) is 4.98. The lowest BCUT2D eigenvalue weighted by molar-refractivity contribution is 0.460. The molecule has 0 aliphatic rings. The molecular weight excluding hydrogens is 272 g/mol. The van der Waals surface area contributed by atoms with Gasteiger partial charge in [0, 0.05) is 18.9 Å². The molecular formula is C15H17ClN4. The van der Waals surface area contributed by atoms with E-state index in [2.05, 4.69) is 32.1 Å². The molecule has 3 aromatic rings. The number of benzene rings is 1. The summed E-state index contributed by atoms with van der Waals surface area (Å²) in [5.74, 6) is 0.917. The third-order valence-corrected chi connectivity index (χ3v) is 3.65. The van der Waals surface area contributed by atoms with E-state index in [1.807, 2.05) is 37.6 Å². The molecule has 5 heteroatoms. The first-order valence-corrected chi connectivity index (χ1v) is 7.17. The Morgan fingerprint density at radius 1 is 1.25 bits per heavy atom. The summed E-state index contributed by atoms with van der Waals surface area (Å²) in [4.78, 5) is 8.76. The van der Waals surface area contributed by atoms with Crippen LogP contribution in [-0.2, 0) is 6.54 Å². The standard InChI is InChI=1S/C15H17ClN4/c1-11(9-19-8-7-17-10-19)20-14-6-4-3-5-13(14)18-15(20)12(2)16/h3-8,10-12H,9H2,1-2H3. The molecule has 0 radical (unpaired) electrons. The normalized spacial score (nSPS) is 14.6. The first kappa shape index (κ1) is 13.2. The molecule has 1 aromatic carbocycles. The number of rotatable bonds is 4. The molecule has 2 heterocycles. The van der Waals surface area contributed by atoms with Gasteiger partial charge in [-0.3, -0.25) is 0 Å².